The summed E-state index contributed by atoms with van der Waals surface area (Å²) in [6.07, 6.45) is 5.22. The third-order valence-electron chi connectivity index (χ3n) is 3.47. The van der Waals surface area contributed by atoms with Gasteiger partial charge in [-0.2, -0.15) is 0 Å². The zero-order chi connectivity index (χ0) is 11.5. The van der Waals surface area contributed by atoms with Crippen LogP contribution in [-0.2, 0) is 6.54 Å². The Morgan fingerprint density at radius 1 is 1.38 bits per heavy atom. The van der Waals surface area contributed by atoms with Gasteiger partial charge in [0.15, 0.2) is 0 Å². The van der Waals surface area contributed by atoms with Gasteiger partial charge in [0.05, 0.1) is 0 Å². The first kappa shape index (κ1) is 11.3. The first-order chi connectivity index (χ1) is 7.66. The highest BCUT2D eigenvalue weighted by atomic mass is 16.3. The van der Waals surface area contributed by atoms with Crippen molar-refractivity contribution in [2.45, 2.75) is 38.3 Å². The highest BCUT2D eigenvalue weighted by molar-refractivity contribution is 5.47. The molecule has 1 aromatic carbocycles. The van der Waals surface area contributed by atoms with Crippen molar-refractivity contribution in [3.8, 4) is 5.75 Å². The van der Waals surface area contributed by atoms with Crippen LogP contribution in [0.5, 0.6) is 5.75 Å². The first-order valence-corrected chi connectivity index (χ1v) is 5.94. The molecular weight excluding hydrogens is 200 g/mol. The monoisotopic (exact) mass is 220 g/mol. The minimum absolute atomic E-state index is 0.346. The maximum Gasteiger partial charge on any atom is 0.120 e. The average molecular weight is 220 g/mol. The van der Waals surface area contributed by atoms with Crippen molar-refractivity contribution in [2.75, 3.05) is 12.8 Å². The van der Waals surface area contributed by atoms with Crippen molar-refractivity contribution >= 4 is 5.69 Å². The number of nitrogen functional groups attached to an aromatic ring is 1. The molecule has 16 heavy (non-hydrogen) atoms. The van der Waals surface area contributed by atoms with E-state index in [-0.39, 0.29) is 0 Å². The minimum Gasteiger partial charge on any atom is -0.508 e. The van der Waals surface area contributed by atoms with Crippen LogP contribution in [0.1, 0.15) is 31.2 Å². The van der Waals surface area contributed by atoms with Gasteiger partial charge >= 0.3 is 0 Å². The maximum absolute atomic E-state index is 9.74. The topological polar surface area (TPSA) is 49.5 Å². The van der Waals surface area contributed by atoms with Gasteiger partial charge in [-0.3, -0.25) is 4.90 Å². The summed E-state index contributed by atoms with van der Waals surface area (Å²) >= 11 is 0. The summed E-state index contributed by atoms with van der Waals surface area (Å²) in [5.41, 5.74) is 7.37. The molecule has 1 fully saturated rings. The zero-order valence-electron chi connectivity index (χ0n) is 9.82. The van der Waals surface area contributed by atoms with E-state index in [2.05, 4.69) is 11.9 Å². The van der Waals surface area contributed by atoms with Crippen LogP contribution >= 0.6 is 0 Å². The molecule has 0 saturated heterocycles. The Balaban J connectivity index is 2.04. The third-order valence-corrected chi connectivity index (χ3v) is 3.47. The lowest BCUT2D eigenvalue weighted by Gasteiger charge is -2.24. The molecule has 0 aliphatic heterocycles. The van der Waals surface area contributed by atoms with Crippen LogP contribution in [0.4, 0.5) is 5.69 Å². The molecule has 0 radical (unpaired) electrons. The Hall–Kier alpha value is -1.22. The van der Waals surface area contributed by atoms with Crippen LogP contribution in [0.2, 0.25) is 0 Å². The molecular formula is C13H20N2O. The van der Waals surface area contributed by atoms with Gasteiger partial charge in [-0.25, -0.2) is 0 Å². The van der Waals surface area contributed by atoms with Crippen LogP contribution in [0.3, 0.4) is 0 Å². The summed E-state index contributed by atoms with van der Waals surface area (Å²) in [5.74, 6) is 0.346. The summed E-state index contributed by atoms with van der Waals surface area (Å²) in [6, 6.07) is 5.93. The molecule has 0 unspecified atom stereocenters. The van der Waals surface area contributed by atoms with Crippen molar-refractivity contribution in [1.82, 2.24) is 4.90 Å². The largest absolute Gasteiger partial charge is 0.508 e. The number of anilines is 1. The second-order valence-electron chi connectivity index (χ2n) is 4.74. The molecule has 0 heterocycles. The predicted octanol–water partition coefficient (Wildman–Crippen LogP) is 2.35. The Kier molecular flexibility index (Phi) is 3.34. The number of hydrogen-bond acceptors (Lipinski definition) is 3. The Bertz CT molecular complexity index is 359. The van der Waals surface area contributed by atoms with Gasteiger partial charge in [-0.05, 0) is 38.1 Å². The van der Waals surface area contributed by atoms with Crippen LogP contribution in [0.15, 0.2) is 18.2 Å². The molecule has 88 valence electrons. The zero-order valence-corrected chi connectivity index (χ0v) is 9.82. The molecule has 3 nitrogen and oxygen atoms in total. The first-order valence-electron chi connectivity index (χ1n) is 5.94. The smallest absolute Gasteiger partial charge is 0.120 e. The normalized spacial score (nSPS) is 17.1. The fourth-order valence-electron chi connectivity index (χ4n) is 2.47. The molecule has 3 N–H and O–H groups in total. The second kappa shape index (κ2) is 4.74. The Morgan fingerprint density at radius 3 is 2.75 bits per heavy atom. The lowest BCUT2D eigenvalue weighted by Crippen LogP contribution is -2.28. The molecule has 0 atom stereocenters. The van der Waals surface area contributed by atoms with Crippen molar-refractivity contribution in [1.29, 1.82) is 0 Å². The fraction of sp³-hybridized carbons (Fsp3) is 0.538. The Morgan fingerprint density at radius 2 is 2.06 bits per heavy atom. The molecule has 0 spiro atoms. The summed E-state index contributed by atoms with van der Waals surface area (Å²) in [4.78, 5) is 2.32. The summed E-state index contributed by atoms with van der Waals surface area (Å²) in [6.45, 7) is 0.779. The molecule has 2 rings (SSSR count). The number of rotatable bonds is 3. The van der Waals surface area contributed by atoms with E-state index in [1.54, 1.807) is 12.1 Å². The van der Waals surface area contributed by atoms with E-state index >= 15 is 0 Å². The van der Waals surface area contributed by atoms with Crippen molar-refractivity contribution < 1.29 is 5.11 Å². The second-order valence-corrected chi connectivity index (χ2v) is 4.74. The highest BCUT2D eigenvalue weighted by Crippen LogP contribution is 2.26. The minimum atomic E-state index is 0.346. The molecule has 0 amide bonds. The lowest BCUT2D eigenvalue weighted by molar-refractivity contribution is 0.234. The number of benzene rings is 1. The maximum atomic E-state index is 9.74. The molecule has 0 bridgehead atoms. The molecule has 3 heteroatoms. The molecule has 1 aliphatic rings. The van der Waals surface area contributed by atoms with Gasteiger partial charge in [0.2, 0.25) is 0 Å². The number of nitrogens with two attached hydrogens (primary N) is 1. The molecule has 0 aromatic heterocycles. The van der Waals surface area contributed by atoms with Gasteiger partial charge < -0.3 is 10.8 Å². The van der Waals surface area contributed by atoms with E-state index in [4.69, 9.17) is 5.73 Å². The van der Waals surface area contributed by atoms with E-state index in [1.807, 2.05) is 6.07 Å². The van der Waals surface area contributed by atoms with Crippen LogP contribution in [0.25, 0.3) is 0 Å². The third kappa shape index (κ3) is 2.47. The van der Waals surface area contributed by atoms with Crippen molar-refractivity contribution in [3.05, 3.63) is 23.8 Å². The molecule has 1 aliphatic carbocycles. The standard InChI is InChI=1S/C13H20N2O/c1-15(12-4-2-3-5-12)9-10-8-11(14)6-7-13(10)16/h6-8,12,16H,2-5,9,14H2,1H3. The van der Waals surface area contributed by atoms with Gasteiger partial charge in [-0.15, -0.1) is 0 Å². The number of phenols is 1. The van der Waals surface area contributed by atoms with Crippen molar-refractivity contribution in [2.24, 2.45) is 0 Å². The summed E-state index contributed by atoms with van der Waals surface area (Å²) in [7, 11) is 2.12. The predicted molar refractivity (Wildman–Crippen MR) is 66.2 cm³/mol. The summed E-state index contributed by atoms with van der Waals surface area (Å²) in [5, 5.41) is 9.74. The summed E-state index contributed by atoms with van der Waals surface area (Å²) < 4.78 is 0. The number of phenolic OH excluding ortho intramolecular Hbond substituents is 1. The molecule has 1 saturated carbocycles. The van der Waals surface area contributed by atoms with E-state index in [0.717, 1.165) is 12.1 Å². The van der Waals surface area contributed by atoms with Gasteiger partial charge in [0, 0.05) is 23.8 Å². The number of nitrogens with zero attached hydrogens (tertiary/aromatic N) is 1. The van der Waals surface area contributed by atoms with Gasteiger partial charge in [0.1, 0.15) is 5.75 Å². The number of hydrogen-bond donors (Lipinski definition) is 2. The van der Waals surface area contributed by atoms with Crippen LogP contribution in [-0.4, -0.2) is 23.1 Å². The quantitative estimate of drug-likeness (QED) is 0.607. The van der Waals surface area contributed by atoms with Gasteiger partial charge in [0.25, 0.3) is 0 Å². The van der Waals surface area contributed by atoms with E-state index in [1.165, 1.54) is 25.7 Å². The molecule has 1 aromatic rings. The fourth-order valence-corrected chi connectivity index (χ4v) is 2.47. The van der Waals surface area contributed by atoms with Crippen LogP contribution in [0, 0.1) is 0 Å². The highest BCUT2D eigenvalue weighted by Gasteiger charge is 2.20. The SMILES string of the molecule is CN(Cc1cc(N)ccc1O)C1CCCC1. The Labute approximate surface area is 96.9 Å². The van der Waals surface area contributed by atoms with Crippen LogP contribution < -0.4 is 5.73 Å². The van der Waals surface area contributed by atoms with E-state index < -0.39 is 0 Å². The van der Waals surface area contributed by atoms with E-state index in [9.17, 15) is 5.11 Å². The van der Waals surface area contributed by atoms with Crippen molar-refractivity contribution in [3.63, 3.8) is 0 Å². The van der Waals surface area contributed by atoms with E-state index in [0.29, 0.717) is 17.5 Å². The number of aromatic hydroxyl groups is 1. The lowest BCUT2D eigenvalue weighted by atomic mass is 10.1. The van der Waals surface area contributed by atoms with Gasteiger partial charge in [-0.1, -0.05) is 12.8 Å². The average Bonchev–Trinajstić information content (AvgIpc) is 2.76.